The van der Waals surface area contributed by atoms with Gasteiger partial charge in [0.2, 0.25) is 0 Å². The molecule has 0 fully saturated rings. The molecule has 1 amide bonds. The number of aryl methyl sites for hydroxylation is 1. The number of aromatic nitrogens is 3. The van der Waals surface area contributed by atoms with Gasteiger partial charge in [-0.25, -0.2) is 13.9 Å². The van der Waals surface area contributed by atoms with Gasteiger partial charge in [0.1, 0.15) is 11.5 Å². The van der Waals surface area contributed by atoms with Crippen molar-refractivity contribution in [3.05, 3.63) is 64.9 Å². The van der Waals surface area contributed by atoms with E-state index in [4.69, 9.17) is 11.6 Å². The lowest BCUT2D eigenvalue weighted by Gasteiger charge is -2.10. The van der Waals surface area contributed by atoms with Crippen molar-refractivity contribution in [1.82, 2.24) is 19.9 Å². The maximum atomic E-state index is 13.5. The predicted octanol–water partition coefficient (Wildman–Crippen LogP) is 3.39. The fraction of sp³-hybridized carbons (Fsp3) is 0.188. The van der Waals surface area contributed by atoms with Gasteiger partial charge >= 0.3 is 5.38 Å². The van der Waals surface area contributed by atoms with Crippen molar-refractivity contribution >= 4 is 23.2 Å². The molecule has 3 aromatic rings. The first kappa shape index (κ1) is 17.2. The Hall–Kier alpha value is -2.61. The predicted molar refractivity (Wildman–Crippen MR) is 85.0 cm³/mol. The highest BCUT2D eigenvalue weighted by atomic mass is 35.5. The summed E-state index contributed by atoms with van der Waals surface area (Å²) < 4.78 is 40.7. The highest BCUT2D eigenvalue weighted by Gasteiger charge is 2.32. The molecule has 9 heteroatoms. The molecule has 0 bridgehead atoms. The Labute approximate surface area is 145 Å². The zero-order valence-corrected chi connectivity index (χ0v) is 13.7. The molecule has 1 N–H and O–H groups in total. The highest BCUT2D eigenvalue weighted by Crippen LogP contribution is 2.32. The second kappa shape index (κ2) is 6.36. The quantitative estimate of drug-likeness (QED) is 0.718. The average molecular weight is 369 g/mol. The van der Waals surface area contributed by atoms with E-state index in [2.05, 4.69) is 15.4 Å². The summed E-state index contributed by atoms with van der Waals surface area (Å²) in [6, 6.07) is 7.99. The molecule has 5 nitrogen and oxygen atoms in total. The molecule has 1 aromatic carbocycles. The topological polar surface area (TPSA) is 59.3 Å². The van der Waals surface area contributed by atoms with Crippen molar-refractivity contribution < 1.29 is 18.0 Å². The van der Waals surface area contributed by atoms with Crippen molar-refractivity contribution in [1.29, 1.82) is 0 Å². The van der Waals surface area contributed by atoms with E-state index in [9.17, 15) is 18.0 Å². The first-order chi connectivity index (χ1) is 11.7. The van der Waals surface area contributed by atoms with Gasteiger partial charge in [-0.1, -0.05) is 12.1 Å². The summed E-state index contributed by atoms with van der Waals surface area (Å²) in [5, 5.41) is 2.79. The molecule has 25 heavy (non-hydrogen) atoms. The Morgan fingerprint density at radius 3 is 2.60 bits per heavy atom. The number of alkyl halides is 3. The maximum Gasteiger partial charge on any atom is 0.364 e. The lowest BCUT2D eigenvalue weighted by atomic mass is 10.2. The van der Waals surface area contributed by atoms with E-state index >= 15 is 0 Å². The van der Waals surface area contributed by atoms with Crippen molar-refractivity contribution in [2.75, 3.05) is 0 Å². The molecule has 0 aliphatic carbocycles. The standard InChI is InChI=1S/C16H12ClF3N4O/c1-9-6-13(16(17,19)20)24-14(22-9)7-12(23-24)15(25)21-8-10-2-4-11(18)5-3-10/h2-7H,8H2,1H3,(H,21,25). The van der Waals surface area contributed by atoms with Crippen LogP contribution in [0.3, 0.4) is 0 Å². The van der Waals surface area contributed by atoms with Crippen LogP contribution in [-0.2, 0) is 11.9 Å². The molecule has 0 atom stereocenters. The fourth-order valence-corrected chi connectivity index (χ4v) is 2.42. The number of rotatable bonds is 4. The maximum absolute atomic E-state index is 13.5. The van der Waals surface area contributed by atoms with Gasteiger partial charge in [0.25, 0.3) is 5.91 Å². The number of hydrogen-bond acceptors (Lipinski definition) is 3. The van der Waals surface area contributed by atoms with E-state index in [1.807, 2.05) is 0 Å². The van der Waals surface area contributed by atoms with Crippen LogP contribution < -0.4 is 5.32 Å². The van der Waals surface area contributed by atoms with Gasteiger partial charge in [-0.3, -0.25) is 4.79 Å². The molecule has 2 heterocycles. The third-order valence-corrected chi connectivity index (χ3v) is 3.64. The monoisotopic (exact) mass is 368 g/mol. The van der Waals surface area contributed by atoms with Gasteiger partial charge in [0, 0.05) is 18.3 Å². The molecule has 0 aliphatic rings. The van der Waals surface area contributed by atoms with E-state index in [0.29, 0.717) is 11.3 Å². The molecule has 0 spiro atoms. The fourth-order valence-electron chi connectivity index (χ4n) is 2.29. The van der Waals surface area contributed by atoms with Gasteiger partial charge in [0.15, 0.2) is 11.3 Å². The van der Waals surface area contributed by atoms with Crippen LogP contribution in [0.15, 0.2) is 36.4 Å². The molecule has 130 valence electrons. The molecule has 0 unspecified atom stereocenters. The third-order valence-electron chi connectivity index (χ3n) is 3.44. The normalized spacial score (nSPS) is 11.7. The van der Waals surface area contributed by atoms with Crippen LogP contribution in [0.25, 0.3) is 5.65 Å². The smallest absolute Gasteiger partial charge is 0.347 e. The Morgan fingerprint density at radius 1 is 1.28 bits per heavy atom. The Kier molecular flexibility index (Phi) is 4.38. The minimum atomic E-state index is -3.65. The van der Waals surface area contributed by atoms with E-state index < -0.39 is 17.0 Å². The van der Waals surface area contributed by atoms with Crippen LogP contribution in [0, 0.1) is 12.7 Å². The SMILES string of the molecule is Cc1cc(C(F)(F)Cl)n2nc(C(=O)NCc3ccc(F)cc3)cc2n1. The van der Waals surface area contributed by atoms with Crippen LogP contribution >= 0.6 is 11.6 Å². The minimum Gasteiger partial charge on any atom is -0.347 e. The van der Waals surface area contributed by atoms with Crippen LogP contribution in [0.5, 0.6) is 0 Å². The lowest BCUT2D eigenvalue weighted by Crippen LogP contribution is -2.23. The first-order valence-electron chi connectivity index (χ1n) is 7.21. The van der Waals surface area contributed by atoms with Crippen LogP contribution in [-0.4, -0.2) is 20.5 Å². The van der Waals surface area contributed by atoms with Crippen molar-refractivity contribution in [2.45, 2.75) is 18.9 Å². The molecule has 0 saturated carbocycles. The number of nitrogens with one attached hydrogen (secondary N) is 1. The van der Waals surface area contributed by atoms with Crippen LogP contribution in [0.4, 0.5) is 13.2 Å². The number of amides is 1. The number of fused-ring (bicyclic) bond motifs is 1. The number of nitrogens with zero attached hydrogens (tertiary/aromatic N) is 3. The molecule has 3 rings (SSSR count). The zero-order chi connectivity index (χ0) is 18.2. The number of halogens is 4. The summed E-state index contributed by atoms with van der Waals surface area (Å²) >= 11 is 5.10. The zero-order valence-electron chi connectivity index (χ0n) is 12.9. The number of hydrogen-bond donors (Lipinski definition) is 1. The molecular weight excluding hydrogens is 357 g/mol. The Morgan fingerprint density at radius 2 is 1.96 bits per heavy atom. The largest absolute Gasteiger partial charge is 0.364 e. The Bertz CT molecular complexity index is 935. The number of carbonyl (C=O) groups excluding carboxylic acids is 1. The van der Waals surface area contributed by atoms with Crippen molar-refractivity contribution in [3.63, 3.8) is 0 Å². The van der Waals surface area contributed by atoms with Gasteiger partial charge < -0.3 is 5.32 Å². The minimum absolute atomic E-state index is 0.0811. The summed E-state index contributed by atoms with van der Waals surface area (Å²) in [4.78, 5) is 16.3. The molecule has 0 aliphatic heterocycles. The van der Waals surface area contributed by atoms with Crippen molar-refractivity contribution in [2.24, 2.45) is 0 Å². The van der Waals surface area contributed by atoms with Gasteiger partial charge in [-0.15, -0.1) is 0 Å². The summed E-state index contributed by atoms with van der Waals surface area (Å²) in [6.45, 7) is 1.67. The van der Waals surface area contributed by atoms with E-state index in [1.54, 1.807) is 0 Å². The van der Waals surface area contributed by atoms with Gasteiger partial charge in [-0.05, 0) is 42.3 Å². The summed E-state index contributed by atoms with van der Waals surface area (Å²) in [6.07, 6.45) is 0. The number of carbonyl (C=O) groups is 1. The second-order valence-electron chi connectivity index (χ2n) is 5.39. The Balaban J connectivity index is 1.86. The third kappa shape index (κ3) is 3.74. The van der Waals surface area contributed by atoms with E-state index in [0.717, 1.165) is 10.6 Å². The van der Waals surface area contributed by atoms with Crippen LogP contribution in [0.1, 0.15) is 27.4 Å². The van der Waals surface area contributed by atoms with Crippen LogP contribution in [0.2, 0.25) is 0 Å². The summed E-state index contributed by atoms with van der Waals surface area (Å²) in [5.41, 5.74) is 0.431. The summed E-state index contributed by atoms with van der Waals surface area (Å²) in [5.74, 6) is -0.956. The van der Waals surface area contributed by atoms with E-state index in [1.165, 1.54) is 37.3 Å². The van der Waals surface area contributed by atoms with Gasteiger partial charge in [0.05, 0.1) is 0 Å². The van der Waals surface area contributed by atoms with Crippen molar-refractivity contribution in [3.8, 4) is 0 Å². The highest BCUT2D eigenvalue weighted by molar-refractivity contribution is 6.21. The average Bonchev–Trinajstić information content (AvgIpc) is 2.96. The molecule has 0 radical (unpaired) electrons. The lowest BCUT2D eigenvalue weighted by molar-refractivity contribution is 0.0864. The first-order valence-corrected chi connectivity index (χ1v) is 7.59. The molecule has 0 saturated heterocycles. The number of benzene rings is 1. The summed E-state index contributed by atoms with van der Waals surface area (Å²) in [7, 11) is 0. The molecule has 2 aromatic heterocycles. The second-order valence-corrected chi connectivity index (χ2v) is 5.86. The molecular formula is C16H12ClF3N4O. The van der Waals surface area contributed by atoms with E-state index in [-0.39, 0.29) is 23.7 Å². The van der Waals surface area contributed by atoms with Gasteiger partial charge in [-0.2, -0.15) is 13.9 Å².